The standard InChI is InChI=1S/C21H21F5N6O2S/c1-32-17(14-6-5-12(27)11(22)8-34-14)13(7-29-32)30-19(33)16-18(28)35-20(31-16)9-3-2-4-10(15(9)23)21(24,25)26/h2-4,7,11-12,14H,5-6,8,27-28H2,1H3,(H,30,33)/t11-,12-,14+/m1/s1. The summed E-state index contributed by atoms with van der Waals surface area (Å²) in [6, 6.07) is 2.11. The molecule has 2 aromatic heterocycles. The van der Waals surface area contributed by atoms with Crippen molar-refractivity contribution in [3.63, 3.8) is 0 Å². The van der Waals surface area contributed by atoms with E-state index in [0.717, 1.165) is 12.1 Å². The Kier molecular flexibility index (Phi) is 6.79. The molecule has 1 saturated heterocycles. The van der Waals surface area contributed by atoms with Crippen molar-refractivity contribution in [1.29, 1.82) is 0 Å². The average Bonchev–Trinajstić information content (AvgIpc) is 3.30. The first-order chi connectivity index (χ1) is 16.5. The summed E-state index contributed by atoms with van der Waals surface area (Å²) < 4.78 is 74.8. The van der Waals surface area contributed by atoms with Crippen LogP contribution in [0.5, 0.6) is 0 Å². The van der Waals surface area contributed by atoms with Gasteiger partial charge in [-0.25, -0.2) is 13.8 Å². The summed E-state index contributed by atoms with van der Waals surface area (Å²) in [6.07, 6.45) is -4.70. The maximum atomic E-state index is 14.5. The smallest absolute Gasteiger partial charge is 0.389 e. The van der Waals surface area contributed by atoms with Crippen molar-refractivity contribution in [2.24, 2.45) is 12.8 Å². The predicted molar refractivity (Wildman–Crippen MR) is 119 cm³/mol. The molecule has 3 atom stereocenters. The summed E-state index contributed by atoms with van der Waals surface area (Å²) >= 11 is 0.678. The fraction of sp³-hybridized carbons (Fsp3) is 0.381. The number of hydrogen-bond donors (Lipinski definition) is 3. The number of halogens is 5. The van der Waals surface area contributed by atoms with Crippen LogP contribution in [-0.4, -0.2) is 39.5 Å². The van der Waals surface area contributed by atoms with Gasteiger partial charge in [-0.05, 0) is 25.0 Å². The van der Waals surface area contributed by atoms with Crippen LogP contribution in [0, 0.1) is 5.82 Å². The summed E-state index contributed by atoms with van der Waals surface area (Å²) in [7, 11) is 1.62. The van der Waals surface area contributed by atoms with Crippen molar-refractivity contribution in [2.45, 2.75) is 37.3 Å². The van der Waals surface area contributed by atoms with Crippen LogP contribution >= 0.6 is 11.3 Å². The number of nitrogen functional groups attached to an aromatic ring is 1. The normalized spacial score (nSPS) is 21.1. The van der Waals surface area contributed by atoms with Crippen LogP contribution in [0.15, 0.2) is 24.4 Å². The highest BCUT2D eigenvalue weighted by Gasteiger charge is 2.36. The molecule has 0 bridgehead atoms. The zero-order valence-electron chi connectivity index (χ0n) is 18.3. The molecule has 1 aliphatic rings. The summed E-state index contributed by atoms with van der Waals surface area (Å²) in [4.78, 5) is 16.9. The van der Waals surface area contributed by atoms with Gasteiger partial charge in [-0.1, -0.05) is 17.4 Å². The number of carbonyl (C=O) groups is 1. The van der Waals surface area contributed by atoms with E-state index in [2.05, 4.69) is 15.4 Å². The molecule has 3 aromatic rings. The lowest BCUT2D eigenvalue weighted by molar-refractivity contribution is -0.139. The number of nitrogens with one attached hydrogen (secondary N) is 1. The Morgan fingerprint density at radius 2 is 2.06 bits per heavy atom. The second-order valence-electron chi connectivity index (χ2n) is 8.00. The Morgan fingerprint density at radius 3 is 2.77 bits per heavy atom. The van der Waals surface area contributed by atoms with E-state index in [1.165, 1.54) is 10.9 Å². The van der Waals surface area contributed by atoms with Crippen LogP contribution in [0.25, 0.3) is 10.6 Å². The molecular weight excluding hydrogens is 495 g/mol. The number of amides is 1. The third-order valence-corrected chi connectivity index (χ3v) is 6.54. The van der Waals surface area contributed by atoms with Crippen LogP contribution in [0.4, 0.5) is 32.6 Å². The molecule has 14 heteroatoms. The molecule has 5 N–H and O–H groups in total. The minimum atomic E-state index is -4.90. The van der Waals surface area contributed by atoms with Gasteiger partial charge in [0, 0.05) is 18.7 Å². The number of thiazole rings is 1. The second kappa shape index (κ2) is 9.51. The number of nitrogens with two attached hydrogens (primary N) is 2. The first-order valence-electron chi connectivity index (χ1n) is 10.4. The topological polar surface area (TPSA) is 121 Å². The second-order valence-corrected chi connectivity index (χ2v) is 9.03. The molecule has 0 unspecified atom stereocenters. The predicted octanol–water partition coefficient (Wildman–Crippen LogP) is 4.05. The third kappa shape index (κ3) is 4.99. The summed E-state index contributed by atoms with van der Waals surface area (Å²) in [5.41, 5.74) is 10.2. The lowest BCUT2D eigenvalue weighted by Crippen LogP contribution is -2.32. The van der Waals surface area contributed by atoms with E-state index in [1.54, 1.807) is 7.05 Å². The minimum Gasteiger partial charge on any atom is -0.389 e. The summed E-state index contributed by atoms with van der Waals surface area (Å²) in [5.74, 6) is -2.29. The molecule has 0 aliphatic carbocycles. The van der Waals surface area contributed by atoms with Gasteiger partial charge in [0.1, 0.15) is 28.1 Å². The van der Waals surface area contributed by atoms with Gasteiger partial charge >= 0.3 is 6.18 Å². The number of aromatic nitrogens is 3. The first kappa shape index (κ1) is 25.0. The largest absolute Gasteiger partial charge is 0.419 e. The molecule has 0 saturated carbocycles. The van der Waals surface area contributed by atoms with Crippen molar-refractivity contribution in [3.8, 4) is 10.6 Å². The van der Waals surface area contributed by atoms with Crippen LogP contribution in [0.3, 0.4) is 0 Å². The number of rotatable bonds is 4. The third-order valence-electron chi connectivity index (χ3n) is 5.62. The Labute approximate surface area is 200 Å². The number of anilines is 2. The van der Waals surface area contributed by atoms with Gasteiger partial charge in [0.2, 0.25) is 0 Å². The number of nitrogens with zero attached hydrogens (tertiary/aromatic N) is 3. The van der Waals surface area contributed by atoms with E-state index in [-0.39, 0.29) is 28.0 Å². The van der Waals surface area contributed by atoms with Gasteiger partial charge < -0.3 is 21.5 Å². The fourth-order valence-corrected chi connectivity index (χ4v) is 4.64. The summed E-state index contributed by atoms with van der Waals surface area (Å²) in [5, 5.41) is 6.43. The van der Waals surface area contributed by atoms with Gasteiger partial charge in [-0.2, -0.15) is 18.3 Å². The highest BCUT2D eigenvalue weighted by atomic mass is 32.1. The van der Waals surface area contributed by atoms with Crippen LogP contribution in [0.1, 0.15) is 40.7 Å². The maximum absolute atomic E-state index is 14.5. The molecular formula is C21H21F5N6O2S. The number of alkyl halides is 4. The number of carbonyl (C=O) groups excluding carboxylic acids is 1. The molecule has 1 aliphatic heterocycles. The minimum absolute atomic E-state index is 0.114. The molecule has 188 valence electrons. The van der Waals surface area contributed by atoms with Crippen LogP contribution in [0.2, 0.25) is 0 Å². The Morgan fingerprint density at radius 1 is 1.31 bits per heavy atom. The number of aryl methyl sites for hydroxylation is 1. The van der Waals surface area contributed by atoms with Crippen molar-refractivity contribution >= 4 is 27.9 Å². The molecule has 0 radical (unpaired) electrons. The number of benzene rings is 1. The first-order valence-corrected chi connectivity index (χ1v) is 11.3. The molecule has 1 fully saturated rings. The zero-order chi connectivity index (χ0) is 25.5. The average molecular weight is 516 g/mol. The van der Waals surface area contributed by atoms with Crippen molar-refractivity contribution in [1.82, 2.24) is 14.8 Å². The lowest BCUT2D eigenvalue weighted by atomic mass is 10.0. The van der Waals surface area contributed by atoms with Gasteiger partial charge in [0.15, 0.2) is 5.69 Å². The lowest BCUT2D eigenvalue weighted by Gasteiger charge is -2.17. The SMILES string of the molecule is Cn1ncc(NC(=O)c2nc(-c3cccc(C(F)(F)F)c3F)sc2N)c1[C@@H]1CC[C@@H](N)[C@H](F)CO1. The molecule has 4 rings (SSSR count). The Hall–Kier alpha value is -3.10. The number of ether oxygens (including phenoxy) is 1. The van der Waals surface area contributed by atoms with E-state index in [9.17, 15) is 26.7 Å². The van der Waals surface area contributed by atoms with E-state index in [1.807, 2.05) is 0 Å². The molecule has 1 aromatic carbocycles. The molecule has 0 spiro atoms. The van der Waals surface area contributed by atoms with E-state index in [0.29, 0.717) is 35.9 Å². The fourth-order valence-electron chi connectivity index (χ4n) is 3.79. The zero-order valence-corrected chi connectivity index (χ0v) is 19.1. The number of hydrogen-bond acceptors (Lipinski definition) is 7. The van der Waals surface area contributed by atoms with Gasteiger partial charge in [0.25, 0.3) is 5.91 Å². The highest BCUT2D eigenvalue weighted by Crippen LogP contribution is 2.38. The quantitative estimate of drug-likeness (QED) is 0.450. The molecule has 3 heterocycles. The maximum Gasteiger partial charge on any atom is 0.419 e. The summed E-state index contributed by atoms with van der Waals surface area (Å²) in [6.45, 7) is -0.213. The van der Waals surface area contributed by atoms with E-state index >= 15 is 0 Å². The van der Waals surface area contributed by atoms with Crippen molar-refractivity contribution < 1.29 is 31.5 Å². The molecule has 1 amide bonds. The van der Waals surface area contributed by atoms with Crippen LogP contribution in [-0.2, 0) is 18.0 Å². The van der Waals surface area contributed by atoms with Crippen molar-refractivity contribution in [3.05, 3.63) is 47.2 Å². The van der Waals surface area contributed by atoms with Gasteiger partial charge in [-0.15, -0.1) is 0 Å². The molecule has 8 nitrogen and oxygen atoms in total. The monoisotopic (exact) mass is 516 g/mol. The Bertz CT molecular complexity index is 1230. The highest BCUT2D eigenvalue weighted by molar-refractivity contribution is 7.19. The van der Waals surface area contributed by atoms with E-state index in [4.69, 9.17) is 16.2 Å². The van der Waals surface area contributed by atoms with Gasteiger partial charge in [-0.3, -0.25) is 9.48 Å². The van der Waals surface area contributed by atoms with Crippen LogP contribution < -0.4 is 16.8 Å². The Balaban J connectivity index is 1.60. The van der Waals surface area contributed by atoms with Gasteiger partial charge in [0.05, 0.1) is 29.7 Å². The van der Waals surface area contributed by atoms with E-state index < -0.39 is 47.3 Å². The van der Waals surface area contributed by atoms with Crippen molar-refractivity contribution in [2.75, 3.05) is 17.7 Å². The molecule has 35 heavy (non-hydrogen) atoms.